The third-order valence-corrected chi connectivity index (χ3v) is 4.14. The van der Waals surface area contributed by atoms with E-state index in [-0.39, 0.29) is 18.1 Å². The Morgan fingerprint density at radius 2 is 2.16 bits per heavy atom. The smallest absolute Gasteiger partial charge is 0.277 e. The van der Waals surface area contributed by atoms with Crippen LogP contribution < -0.4 is 10.2 Å². The standard InChI is InChI=1S/C19H19FN2O3/c1-12-8-9-17(23)19-15(12)6-3-7-16(19)21-22-18(24)11-25-14-5-2-4-13(20)10-14/h2,4-5,8-10,23H,3,6-7,11H2,1H3,(H,22,24)/b21-16+. The first-order valence-corrected chi connectivity index (χ1v) is 8.10. The molecule has 0 heterocycles. The normalized spacial score (nSPS) is 14.9. The van der Waals surface area contributed by atoms with E-state index in [9.17, 15) is 14.3 Å². The lowest BCUT2D eigenvalue weighted by Gasteiger charge is -2.21. The number of benzene rings is 2. The molecule has 0 unspecified atom stereocenters. The number of nitrogens with zero attached hydrogens (tertiary/aromatic N) is 1. The van der Waals surface area contributed by atoms with E-state index in [2.05, 4.69) is 10.5 Å². The Kier molecular flexibility index (Phi) is 4.97. The van der Waals surface area contributed by atoms with Crippen molar-refractivity contribution in [2.24, 2.45) is 5.10 Å². The summed E-state index contributed by atoms with van der Waals surface area (Å²) in [5, 5.41) is 14.3. The van der Waals surface area contributed by atoms with E-state index in [1.807, 2.05) is 13.0 Å². The molecule has 0 aliphatic heterocycles. The SMILES string of the molecule is Cc1ccc(O)c2c1CCC/C2=N\NC(=O)COc1cccc(F)c1. The molecule has 0 bridgehead atoms. The number of ether oxygens (including phenoxy) is 1. The van der Waals surface area contributed by atoms with Crippen LogP contribution in [0.25, 0.3) is 0 Å². The molecule has 1 aliphatic rings. The highest BCUT2D eigenvalue weighted by atomic mass is 19.1. The van der Waals surface area contributed by atoms with Crippen molar-refractivity contribution in [1.82, 2.24) is 5.43 Å². The summed E-state index contributed by atoms with van der Waals surface area (Å²) in [7, 11) is 0. The minimum absolute atomic E-state index is 0.171. The Morgan fingerprint density at radius 1 is 1.32 bits per heavy atom. The number of phenolic OH excluding ortho intramolecular Hbond substituents is 1. The fourth-order valence-electron chi connectivity index (χ4n) is 2.92. The lowest BCUT2D eigenvalue weighted by molar-refractivity contribution is -0.123. The molecule has 25 heavy (non-hydrogen) atoms. The van der Waals surface area contributed by atoms with Gasteiger partial charge in [0.05, 0.1) is 5.71 Å². The number of carbonyl (C=O) groups is 1. The summed E-state index contributed by atoms with van der Waals surface area (Å²) >= 11 is 0. The zero-order chi connectivity index (χ0) is 17.8. The molecule has 0 saturated heterocycles. The predicted molar refractivity (Wildman–Crippen MR) is 92.4 cm³/mol. The van der Waals surface area contributed by atoms with Gasteiger partial charge in [-0.2, -0.15) is 5.10 Å². The van der Waals surface area contributed by atoms with E-state index in [0.717, 1.165) is 24.0 Å². The Balaban J connectivity index is 1.67. The van der Waals surface area contributed by atoms with Crippen LogP contribution in [-0.2, 0) is 11.2 Å². The summed E-state index contributed by atoms with van der Waals surface area (Å²) in [6.07, 6.45) is 2.46. The van der Waals surface area contributed by atoms with Crippen LogP contribution in [0.3, 0.4) is 0 Å². The number of aryl methyl sites for hydroxylation is 1. The van der Waals surface area contributed by atoms with Crippen LogP contribution in [0.2, 0.25) is 0 Å². The molecule has 5 nitrogen and oxygen atoms in total. The Bertz CT molecular complexity index is 833. The maximum atomic E-state index is 13.1. The van der Waals surface area contributed by atoms with Gasteiger partial charge in [-0.25, -0.2) is 9.82 Å². The number of fused-ring (bicyclic) bond motifs is 1. The first-order chi connectivity index (χ1) is 12.0. The van der Waals surface area contributed by atoms with Gasteiger partial charge in [0.25, 0.3) is 5.91 Å². The van der Waals surface area contributed by atoms with Crippen molar-refractivity contribution < 1.29 is 19.0 Å². The van der Waals surface area contributed by atoms with Crippen molar-refractivity contribution in [1.29, 1.82) is 0 Å². The molecule has 0 atom stereocenters. The van der Waals surface area contributed by atoms with Crippen molar-refractivity contribution >= 4 is 11.6 Å². The lowest BCUT2D eigenvalue weighted by atomic mass is 9.86. The second kappa shape index (κ2) is 7.34. The van der Waals surface area contributed by atoms with Crippen molar-refractivity contribution in [2.45, 2.75) is 26.2 Å². The van der Waals surface area contributed by atoms with Crippen molar-refractivity contribution in [3.05, 3.63) is 58.9 Å². The average molecular weight is 342 g/mol. The fraction of sp³-hybridized carbons (Fsp3) is 0.263. The van der Waals surface area contributed by atoms with Gasteiger partial charge in [-0.1, -0.05) is 12.1 Å². The number of hydrogen-bond donors (Lipinski definition) is 2. The topological polar surface area (TPSA) is 70.9 Å². The van der Waals surface area contributed by atoms with Crippen LogP contribution in [0, 0.1) is 12.7 Å². The van der Waals surface area contributed by atoms with Gasteiger partial charge in [-0.15, -0.1) is 0 Å². The van der Waals surface area contributed by atoms with Gasteiger partial charge in [-0.3, -0.25) is 4.79 Å². The number of nitrogens with one attached hydrogen (secondary N) is 1. The average Bonchev–Trinajstić information content (AvgIpc) is 2.61. The minimum atomic E-state index is -0.448. The van der Waals surface area contributed by atoms with E-state index in [0.29, 0.717) is 17.7 Å². The number of phenols is 1. The molecule has 0 fully saturated rings. The van der Waals surface area contributed by atoms with Gasteiger partial charge in [-0.05, 0) is 55.5 Å². The van der Waals surface area contributed by atoms with Crippen molar-refractivity contribution in [3.8, 4) is 11.5 Å². The lowest BCUT2D eigenvalue weighted by Crippen LogP contribution is -2.27. The largest absolute Gasteiger partial charge is 0.507 e. The highest BCUT2D eigenvalue weighted by Gasteiger charge is 2.21. The molecule has 2 aromatic carbocycles. The monoisotopic (exact) mass is 342 g/mol. The number of amides is 1. The van der Waals surface area contributed by atoms with Crippen LogP contribution in [-0.4, -0.2) is 23.3 Å². The number of carbonyl (C=O) groups excluding carboxylic acids is 1. The van der Waals surface area contributed by atoms with Gasteiger partial charge < -0.3 is 9.84 Å². The van der Waals surface area contributed by atoms with Crippen molar-refractivity contribution in [2.75, 3.05) is 6.61 Å². The molecule has 6 heteroatoms. The molecule has 2 N–H and O–H groups in total. The van der Waals surface area contributed by atoms with Crippen molar-refractivity contribution in [3.63, 3.8) is 0 Å². The molecule has 2 aromatic rings. The fourth-order valence-corrected chi connectivity index (χ4v) is 2.92. The zero-order valence-corrected chi connectivity index (χ0v) is 13.9. The number of rotatable bonds is 4. The molecular formula is C19H19FN2O3. The highest BCUT2D eigenvalue weighted by molar-refractivity contribution is 6.05. The Hall–Kier alpha value is -2.89. The highest BCUT2D eigenvalue weighted by Crippen LogP contribution is 2.31. The summed E-state index contributed by atoms with van der Waals surface area (Å²) in [5.74, 6) is -0.428. The van der Waals surface area contributed by atoms with E-state index < -0.39 is 11.7 Å². The predicted octanol–water partition coefficient (Wildman–Crippen LogP) is 3.08. The van der Waals surface area contributed by atoms with E-state index >= 15 is 0 Å². The minimum Gasteiger partial charge on any atom is -0.507 e. The van der Waals surface area contributed by atoms with Gasteiger partial charge in [0, 0.05) is 11.6 Å². The number of halogens is 1. The molecule has 0 saturated carbocycles. The number of hydrogen-bond acceptors (Lipinski definition) is 4. The quantitative estimate of drug-likeness (QED) is 0.839. The van der Waals surface area contributed by atoms with Crippen LogP contribution >= 0.6 is 0 Å². The first-order valence-electron chi connectivity index (χ1n) is 8.10. The van der Waals surface area contributed by atoms with Gasteiger partial charge in [0.2, 0.25) is 0 Å². The molecular weight excluding hydrogens is 323 g/mol. The molecule has 1 aliphatic carbocycles. The van der Waals surface area contributed by atoms with E-state index in [1.54, 1.807) is 12.1 Å². The molecule has 1 amide bonds. The van der Waals surface area contributed by atoms with Gasteiger partial charge in [0.1, 0.15) is 17.3 Å². The third-order valence-electron chi connectivity index (χ3n) is 4.14. The van der Waals surface area contributed by atoms with Gasteiger partial charge >= 0.3 is 0 Å². The van der Waals surface area contributed by atoms with Crippen LogP contribution in [0.1, 0.15) is 29.5 Å². The number of hydrazone groups is 1. The van der Waals surface area contributed by atoms with Crippen LogP contribution in [0.5, 0.6) is 11.5 Å². The summed E-state index contributed by atoms with van der Waals surface area (Å²) < 4.78 is 18.3. The maximum absolute atomic E-state index is 13.1. The van der Waals surface area contributed by atoms with Crippen LogP contribution in [0.4, 0.5) is 4.39 Å². The summed E-state index contributed by atoms with van der Waals surface area (Å²) in [4.78, 5) is 11.9. The van der Waals surface area contributed by atoms with Gasteiger partial charge in [0.15, 0.2) is 6.61 Å². The third kappa shape index (κ3) is 3.96. The molecule has 3 rings (SSSR count). The summed E-state index contributed by atoms with van der Waals surface area (Å²) in [6, 6.07) is 9.10. The van der Waals surface area contributed by atoms with Crippen LogP contribution in [0.15, 0.2) is 41.5 Å². The summed E-state index contributed by atoms with van der Waals surface area (Å²) in [6.45, 7) is 1.72. The molecule has 0 radical (unpaired) electrons. The maximum Gasteiger partial charge on any atom is 0.277 e. The second-order valence-corrected chi connectivity index (χ2v) is 5.95. The molecule has 0 spiro atoms. The second-order valence-electron chi connectivity index (χ2n) is 5.95. The number of aromatic hydroxyl groups is 1. The first kappa shape index (κ1) is 17.0. The zero-order valence-electron chi connectivity index (χ0n) is 13.9. The van der Waals surface area contributed by atoms with E-state index in [1.165, 1.54) is 18.2 Å². The Morgan fingerprint density at radius 3 is 2.96 bits per heavy atom. The molecule has 0 aromatic heterocycles. The molecule has 130 valence electrons. The summed E-state index contributed by atoms with van der Waals surface area (Å²) in [5.41, 5.74) is 5.97. The van der Waals surface area contributed by atoms with E-state index in [4.69, 9.17) is 4.74 Å². The Labute approximate surface area is 145 Å².